The monoisotopic (exact) mass is 350 g/mol. The molecule has 2 atom stereocenters. The maximum atomic E-state index is 13.6. The van der Waals surface area contributed by atoms with Crippen molar-refractivity contribution in [3.05, 3.63) is 34.1 Å². The third-order valence-electron chi connectivity index (χ3n) is 3.45. The predicted octanol–water partition coefficient (Wildman–Crippen LogP) is 2.87. The van der Waals surface area contributed by atoms with Gasteiger partial charge in [0.05, 0.1) is 5.56 Å². The molecular weight excluding hydrogens is 335 g/mol. The summed E-state index contributed by atoms with van der Waals surface area (Å²) in [6.45, 7) is 0.561. The van der Waals surface area contributed by atoms with E-state index in [2.05, 4.69) is 21.2 Å². The minimum Gasteiger partial charge on any atom is -0.349 e. The first-order chi connectivity index (χ1) is 8.61. The van der Waals surface area contributed by atoms with Crippen molar-refractivity contribution in [3.8, 4) is 0 Å². The van der Waals surface area contributed by atoms with Crippen LogP contribution in [0.3, 0.4) is 0 Å². The fourth-order valence-electron chi connectivity index (χ4n) is 2.43. The van der Waals surface area contributed by atoms with Gasteiger partial charge in [-0.2, -0.15) is 0 Å². The number of hydrogen-bond acceptors (Lipinski definition) is 2. The van der Waals surface area contributed by atoms with E-state index in [1.54, 1.807) is 6.07 Å². The average Bonchev–Trinajstić information content (AvgIpc) is 2.79. The van der Waals surface area contributed by atoms with Crippen LogP contribution in [0.5, 0.6) is 0 Å². The Hall–Kier alpha value is -0.650. The van der Waals surface area contributed by atoms with E-state index in [1.165, 1.54) is 12.1 Å². The van der Waals surface area contributed by atoms with Crippen LogP contribution in [0.1, 0.15) is 29.6 Å². The number of amides is 1. The van der Waals surface area contributed by atoms with E-state index in [-0.39, 0.29) is 29.9 Å². The molecule has 2 unspecified atom stereocenters. The number of carbonyl (C=O) groups excluding carboxylic acids is 1. The van der Waals surface area contributed by atoms with Gasteiger partial charge in [-0.1, -0.05) is 22.4 Å². The average molecular weight is 352 g/mol. The molecule has 0 saturated heterocycles. The second kappa shape index (κ2) is 7.22. The first-order valence-corrected chi connectivity index (χ1v) is 6.87. The molecule has 1 amide bonds. The molecule has 0 bridgehead atoms. The zero-order chi connectivity index (χ0) is 13.1. The van der Waals surface area contributed by atoms with Crippen molar-refractivity contribution in [3.63, 3.8) is 0 Å². The molecule has 0 aliphatic heterocycles. The van der Waals surface area contributed by atoms with Gasteiger partial charge in [-0.05, 0) is 43.5 Å². The van der Waals surface area contributed by atoms with Crippen molar-refractivity contribution in [2.75, 3.05) is 6.54 Å². The van der Waals surface area contributed by atoms with Crippen LogP contribution >= 0.6 is 28.3 Å². The molecule has 1 aliphatic carbocycles. The predicted molar refractivity (Wildman–Crippen MR) is 79.0 cm³/mol. The lowest BCUT2D eigenvalue weighted by molar-refractivity contribution is 0.0924. The topological polar surface area (TPSA) is 55.1 Å². The molecule has 0 radical (unpaired) electrons. The minimum absolute atomic E-state index is 0. The van der Waals surface area contributed by atoms with Gasteiger partial charge in [0.2, 0.25) is 0 Å². The Kier molecular flexibility index (Phi) is 6.23. The molecule has 3 N–H and O–H groups in total. The van der Waals surface area contributed by atoms with Crippen molar-refractivity contribution in [2.45, 2.75) is 25.3 Å². The van der Waals surface area contributed by atoms with Crippen LogP contribution in [0.4, 0.5) is 4.39 Å². The Morgan fingerprint density at radius 1 is 1.47 bits per heavy atom. The van der Waals surface area contributed by atoms with Gasteiger partial charge in [0.1, 0.15) is 5.82 Å². The van der Waals surface area contributed by atoms with Crippen LogP contribution in [-0.4, -0.2) is 18.5 Å². The first-order valence-electron chi connectivity index (χ1n) is 6.08. The van der Waals surface area contributed by atoms with E-state index in [4.69, 9.17) is 5.73 Å². The maximum Gasteiger partial charge on any atom is 0.254 e. The normalized spacial score (nSPS) is 21.8. The highest BCUT2D eigenvalue weighted by Crippen LogP contribution is 2.25. The summed E-state index contributed by atoms with van der Waals surface area (Å²) >= 11 is 3.24. The standard InChI is InChI=1S/C13H16BrFN2O.ClH/c14-9-4-5-11(15)10(6-9)13(18)17-12-3-1-2-8(12)7-16;/h4-6,8,12H,1-3,7,16H2,(H,17,18);1H. The Labute approximate surface area is 126 Å². The number of hydrogen-bond donors (Lipinski definition) is 2. The largest absolute Gasteiger partial charge is 0.349 e. The second-order valence-electron chi connectivity index (χ2n) is 4.63. The molecule has 0 heterocycles. The number of benzene rings is 1. The molecule has 1 aliphatic rings. The van der Waals surface area contributed by atoms with Gasteiger partial charge in [-0.3, -0.25) is 4.79 Å². The lowest BCUT2D eigenvalue weighted by atomic mass is 10.0. The van der Waals surface area contributed by atoms with Crippen LogP contribution in [0.2, 0.25) is 0 Å². The zero-order valence-electron chi connectivity index (χ0n) is 10.4. The van der Waals surface area contributed by atoms with E-state index < -0.39 is 5.82 Å². The summed E-state index contributed by atoms with van der Waals surface area (Å²) in [6, 6.07) is 4.43. The van der Waals surface area contributed by atoms with Crippen LogP contribution in [0.15, 0.2) is 22.7 Å². The van der Waals surface area contributed by atoms with Crippen molar-refractivity contribution in [1.29, 1.82) is 0 Å². The Bertz CT molecular complexity index is 458. The number of rotatable bonds is 3. The summed E-state index contributed by atoms with van der Waals surface area (Å²) in [5.74, 6) is -0.554. The smallest absolute Gasteiger partial charge is 0.254 e. The van der Waals surface area contributed by atoms with Crippen molar-refractivity contribution < 1.29 is 9.18 Å². The van der Waals surface area contributed by atoms with E-state index >= 15 is 0 Å². The molecule has 1 aromatic carbocycles. The SMILES string of the molecule is Cl.NCC1CCCC1NC(=O)c1cc(Br)ccc1F. The number of carbonyl (C=O) groups is 1. The van der Waals surface area contributed by atoms with Gasteiger partial charge in [-0.15, -0.1) is 12.4 Å². The van der Waals surface area contributed by atoms with Gasteiger partial charge < -0.3 is 11.1 Å². The van der Waals surface area contributed by atoms with Gasteiger partial charge in [0.25, 0.3) is 5.91 Å². The van der Waals surface area contributed by atoms with Gasteiger partial charge >= 0.3 is 0 Å². The minimum atomic E-state index is -0.502. The number of nitrogens with one attached hydrogen (secondary N) is 1. The third kappa shape index (κ3) is 3.91. The van der Waals surface area contributed by atoms with Crippen LogP contribution < -0.4 is 11.1 Å². The molecule has 0 spiro atoms. The van der Waals surface area contributed by atoms with Crippen molar-refractivity contribution >= 4 is 34.2 Å². The number of halogens is 3. The van der Waals surface area contributed by atoms with E-state index in [0.717, 1.165) is 19.3 Å². The Morgan fingerprint density at radius 2 is 2.21 bits per heavy atom. The van der Waals surface area contributed by atoms with E-state index in [0.29, 0.717) is 16.9 Å². The molecule has 3 nitrogen and oxygen atoms in total. The lowest BCUT2D eigenvalue weighted by Crippen LogP contribution is -2.40. The highest BCUT2D eigenvalue weighted by atomic mass is 79.9. The summed E-state index contributed by atoms with van der Waals surface area (Å²) in [5, 5.41) is 2.88. The maximum absolute atomic E-state index is 13.6. The first kappa shape index (κ1) is 16.4. The third-order valence-corrected chi connectivity index (χ3v) is 3.94. The molecule has 2 rings (SSSR count). The highest BCUT2D eigenvalue weighted by Gasteiger charge is 2.28. The fraction of sp³-hybridized carbons (Fsp3) is 0.462. The molecule has 106 valence electrons. The molecule has 6 heteroatoms. The van der Waals surface area contributed by atoms with Gasteiger partial charge in [-0.25, -0.2) is 4.39 Å². The summed E-state index contributed by atoms with van der Waals surface area (Å²) in [7, 11) is 0. The summed E-state index contributed by atoms with van der Waals surface area (Å²) in [4.78, 5) is 12.0. The lowest BCUT2D eigenvalue weighted by Gasteiger charge is -2.19. The zero-order valence-corrected chi connectivity index (χ0v) is 12.8. The molecule has 19 heavy (non-hydrogen) atoms. The quantitative estimate of drug-likeness (QED) is 0.880. The van der Waals surface area contributed by atoms with E-state index in [9.17, 15) is 9.18 Å². The van der Waals surface area contributed by atoms with Crippen molar-refractivity contribution in [2.24, 2.45) is 11.7 Å². The molecule has 1 aromatic rings. The second-order valence-corrected chi connectivity index (χ2v) is 5.55. The van der Waals surface area contributed by atoms with Crippen molar-refractivity contribution in [1.82, 2.24) is 5.32 Å². The molecule has 1 fully saturated rings. The van der Waals surface area contributed by atoms with Gasteiger partial charge in [0.15, 0.2) is 0 Å². The summed E-state index contributed by atoms with van der Waals surface area (Å²) < 4.78 is 14.3. The number of nitrogens with two attached hydrogens (primary N) is 1. The Morgan fingerprint density at radius 3 is 2.89 bits per heavy atom. The van der Waals surface area contributed by atoms with Crippen LogP contribution in [-0.2, 0) is 0 Å². The Balaban J connectivity index is 0.00000180. The van der Waals surface area contributed by atoms with E-state index in [1.807, 2.05) is 0 Å². The molecular formula is C13H17BrClFN2O. The highest BCUT2D eigenvalue weighted by molar-refractivity contribution is 9.10. The summed E-state index contributed by atoms with van der Waals surface area (Å²) in [5.41, 5.74) is 5.74. The van der Waals surface area contributed by atoms with Crippen LogP contribution in [0, 0.1) is 11.7 Å². The fourth-order valence-corrected chi connectivity index (χ4v) is 2.79. The van der Waals surface area contributed by atoms with Gasteiger partial charge in [0, 0.05) is 10.5 Å². The molecule has 1 saturated carbocycles. The summed E-state index contributed by atoms with van der Waals surface area (Å²) in [6.07, 6.45) is 3.01. The molecule has 0 aromatic heterocycles. The van der Waals surface area contributed by atoms with Crippen LogP contribution in [0.25, 0.3) is 0 Å².